The fourth-order valence-electron chi connectivity index (χ4n) is 1.49. The summed E-state index contributed by atoms with van der Waals surface area (Å²) in [5, 5.41) is 9.32. The number of hydrogen-bond donors (Lipinski definition) is 1. The molecule has 1 aromatic heterocycles. The summed E-state index contributed by atoms with van der Waals surface area (Å²) in [6, 6.07) is 3.22. The van der Waals surface area contributed by atoms with Gasteiger partial charge in [0.05, 0.1) is 12.1 Å². The van der Waals surface area contributed by atoms with Crippen LogP contribution >= 0.6 is 22.6 Å². The van der Waals surface area contributed by atoms with Crippen molar-refractivity contribution in [2.45, 2.75) is 19.1 Å². The number of pyridine rings is 1. The Morgan fingerprint density at radius 3 is 2.86 bits per heavy atom. The summed E-state index contributed by atoms with van der Waals surface area (Å²) in [5.74, 6) is 0.132. The van der Waals surface area contributed by atoms with Gasteiger partial charge in [-0.3, -0.25) is 0 Å². The van der Waals surface area contributed by atoms with E-state index < -0.39 is 5.95 Å². The summed E-state index contributed by atoms with van der Waals surface area (Å²) in [5.41, 5.74) is 0. The van der Waals surface area contributed by atoms with Gasteiger partial charge in [0.15, 0.2) is 0 Å². The van der Waals surface area contributed by atoms with Gasteiger partial charge in [-0.15, -0.1) is 0 Å². The highest BCUT2D eigenvalue weighted by Gasteiger charge is 2.34. The van der Waals surface area contributed by atoms with Gasteiger partial charge in [0.25, 0.3) is 0 Å². The van der Waals surface area contributed by atoms with Crippen molar-refractivity contribution in [3.8, 4) is 0 Å². The molecule has 1 N–H and O–H groups in total. The lowest BCUT2D eigenvalue weighted by Gasteiger charge is -2.44. The second kappa shape index (κ2) is 3.62. The average molecular weight is 308 g/mol. The predicted octanol–water partition coefficient (Wildman–Crippen LogP) is 1.39. The van der Waals surface area contributed by atoms with Gasteiger partial charge in [0, 0.05) is 16.2 Å². The van der Waals surface area contributed by atoms with Crippen LogP contribution < -0.4 is 4.90 Å². The first-order chi connectivity index (χ1) is 6.58. The lowest BCUT2D eigenvalue weighted by atomic mass is 10.0. The Labute approximate surface area is 95.1 Å². The zero-order valence-corrected chi connectivity index (χ0v) is 9.77. The third-order valence-electron chi connectivity index (χ3n) is 2.47. The number of β-amino-alcohol motifs (C(OH)–C–C–N with tert-alkyl or cyclic N) is 1. The van der Waals surface area contributed by atoms with Crippen molar-refractivity contribution in [1.82, 2.24) is 4.98 Å². The van der Waals surface area contributed by atoms with E-state index in [0.29, 0.717) is 12.4 Å². The molecule has 0 aliphatic carbocycles. The molecule has 0 spiro atoms. The van der Waals surface area contributed by atoms with Gasteiger partial charge in [-0.05, 0) is 35.6 Å². The van der Waals surface area contributed by atoms with Crippen LogP contribution in [0.2, 0.25) is 0 Å². The summed E-state index contributed by atoms with van der Waals surface area (Å²) in [7, 11) is 0. The van der Waals surface area contributed by atoms with Crippen LogP contribution in [0.5, 0.6) is 0 Å². The van der Waals surface area contributed by atoms with Crippen LogP contribution in [-0.4, -0.2) is 28.8 Å². The molecule has 2 atom stereocenters. The molecule has 0 aromatic carbocycles. The van der Waals surface area contributed by atoms with Crippen LogP contribution in [0.1, 0.15) is 6.92 Å². The Morgan fingerprint density at radius 2 is 2.36 bits per heavy atom. The van der Waals surface area contributed by atoms with Gasteiger partial charge in [-0.1, -0.05) is 0 Å². The molecule has 1 fully saturated rings. The maximum atomic E-state index is 13.0. The number of aliphatic hydroxyl groups excluding tert-OH is 1. The van der Waals surface area contributed by atoms with Gasteiger partial charge < -0.3 is 10.0 Å². The quantitative estimate of drug-likeness (QED) is 0.629. The lowest BCUT2D eigenvalue weighted by molar-refractivity contribution is 0.0985. The van der Waals surface area contributed by atoms with Crippen LogP contribution in [-0.2, 0) is 0 Å². The largest absolute Gasteiger partial charge is 0.389 e. The molecular weight excluding hydrogens is 298 g/mol. The second-order valence-electron chi connectivity index (χ2n) is 3.43. The van der Waals surface area contributed by atoms with Crippen molar-refractivity contribution in [3.05, 3.63) is 21.7 Å². The molecule has 2 unspecified atom stereocenters. The van der Waals surface area contributed by atoms with Crippen molar-refractivity contribution in [2.24, 2.45) is 0 Å². The van der Waals surface area contributed by atoms with E-state index in [-0.39, 0.29) is 12.1 Å². The van der Waals surface area contributed by atoms with Crippen LogP contribution in [0.3, 0.4) is 0 Å². The topological polar surface area (TPSA) is 36.4 Å². The molecule has 1 aliphatic heterocycles. The molecule has 0 amide bonds. The monoisotopic (exact) mass is 308 g/mol. The first-order valence-corrected chi connectivity index (χ1v) is 5.43. The predicted molar refractivity (Wildman–Crippen MR) is 59.7 cm³/mol. The van der Waals surface area contributed by atoms with Crippen molar-refractivity contribution in [2.75, 3.05) is 11.4 Å². The number of rotatable bonds is 1. The smallest absolute Gasteiger partial charge is 0.215 e. The maximum absolute atomic E-state index is 13.0. The molecule has 3 nitrogen and oxygen atoms in total. The minimum Gasteiger partial charge on any atom is -0.389 e. The Morgan fingerprint density at radius 1 is 1.64 bits per heavy atom. The van der Waals surface area contributed by atoms with Crippen LogP contribution in [0.25, 0.3) is 0 Å². The molecule has 1 saturated heterocycles. The van der Waals surface area contributed by atoms with E-state index in [1.807, 2.05) is 40.5 Å². The Hall–Kier alpha value is -0.430. The minimum absolute atomic E-state index is 0.0279. The summed E-state index contributed by atoms with van der Waals surface area (Å²) < 4.78 is 13.8. The molecule has 0 bridgehead atoms. The summed E-state index contributed by atoms with van der Waals surface area (Å²) in [6.07, 6.45) is -0.322. The van der Waals surface area contributed by atoms with Crippen LogP contribution in [0.4, 0.5) is 10.2 Å². The molecule has 2 rings (SSSR count). The van der Waals surface area contributed by atoms with Crippen LogP contribution in [0.15, 0.2) is 12.1 Å². The van der Waals surface area contributed by atoms with Gasteiger partial charge in [0.2, 0.25) is 5.95 Å². The number of aliphatic hydroxyl groups is 1. The molecule has 5 heteroatoms. The molecule has 1 aromatic rings. The van der Waals surface area contributed by atoms with Gasteiger partial charge in [-0.2, -0.15) is 4.39 Å². The van der Waals surface area contributed by atoms with E-state index >= 15 is 0 Å². The Balaban J connectivity index is 2.25. The first kappa shape index (κ1) is 10.1. The van der Waals surface area contributed by atoms with E-state index in [2.05, 4.69) is 4.98 Å². The Bertz CT molecular complexity index is 340. The molecule has 76 valence electrons. The number of aromatic nitrogens is 1. The molecule has 14 heavy (non-hydrogen) atoms. The van der Waals surface area contributed by atoms with Gasteiger partial charge >= 0.3 is 0 Å². The molecule has 0 radical (unpaired) electrons. The SMILES string of the molecule is CC1C(O)CN1c1cc(I)cc(F)n1. The fraction of sp³-hybridized carbons (Fsp3) is 0.444. The van der Waals surface area contributed by atoms with Crippen molar-refractivity contribution >= 4 is 28.4 Å². The lowest BCUT2D eigenvalue weighted by Crippen LogP contribution is -2.59. The highest BCUT2D eigenvalue weighted by molar-refractivity contribution is 14.1. The second-order valence-corrected chi connectivity index (χ2v) is 4.67. The summed E-state index contributed by atoms with van der Waals surface area (Å²) in [4.78, 5) is 5.67. The summed E-state index contributed by atoms with van der Waals surface area (Å²) in [6.45, 7) is 2.43. The van der Waals surface area contributed by atoms with Crippen molar-refractivity contribution < 1.29 is 9.50 Å². The van der Waals surface area contributed by atoms with Gasteiger partial charge in [0.1, 0.15) is 5.82 Å². The number of nitrogens with zero attached hydrogens (tertiary/aromatic N) is 2. The maximum Gasteiger partial charge on any atom is 0.215 e. The van der Waals surface area contributed by atoms with Crippen molar-refractivity contribution in [3.63, 3.8) is 0 Å². The zero-order chi connectivity index (χ0) is 10.3. The highest BCUT2D eigenvalue weighted by atomic mass is 127. The average Bonchev–Trinajstić information content (AvgIpc) is 2.11. The number of anilines is 1. The first-order valence-electron chi connectivity index (χ1n) is 4.36. The van der Waals surface area contributed by atoms with E-state index in [1.165, 1.54) is 6.07 Å². The zero-order valence-electron chi connectivity index (χ0n) is 7.61. The normalized spacial score (nSPS) is 26.1. The van der Waals surface area contributed by atoms with E-state index in [0.717, 1.165) is 3.57 Å². The number of halogens is 2. The van der Waals surface area contributed by atoms with Crippen molar-refractivity contribution in [1.29, 1.82) is 0 Å². The summed E-state index contributed by atoms with van der Waals surface area (Å²) >= 11 is 2.05. The van der Waals surface area contributed by atoms with E-state index in [1.54, 1.807) is 0 Å². The fourth-order valence-corrected chi connectivity index (χ4v) is 2.03. The Kier molecular flexibility index (Phi) is 2.61. The third kappa shape index (κ3) is 1.70. The minimum atomic E-state index is -0.472. The number of hydrogen-bond acceptors (Lipinski definition) is 3. The molecule has 2 heterocycles. The van der Waals surface area contributed by atoms with E-state index in [4.69, 9.17) is 0 Å². The van der Waals surface area contributed by atoms with Gasteiger partial charge in [-0.25, -0.2) is 4.98 Å². The molecule has 0 saturated carbocycles. The standard InChI is InChI=1S/C9H10FIN2O/c1-5-7(14)4-13(5)9-3-6(11)2-8(10)12-9/h2-3,5,7,14H,4H2,1H3. The highest BCUT2D eigenvalue weighted by Crippen LogP contribution is 2.26. The molecular formula is C9H10FIN2O. The molecule has 1 aliphatic rings. The van der Waals surface area contributed by atoms with E-state index in [9.17, 15) is 9.50 Å². The third-order valence-corrected chi connectivity index (χ3v) is 3.09. The van der Waals surface area contributed by atoms with Crippen LogP contribution in [0, 0.1) is 9.52 Å².